The summed E-state index contributed by atoms with van der Waals surface area (Å²) in [6, 6.07) is 3.74. The largest absolute Gasteiger partial charge is 0.299 e. The fourth-order valence-corrected chi connectivity index (χ4v) is 2.41. The molecule has 0 amide bonds. The number of nitriles is 2. The van der Waals surface area contributed by atoms with E-state index in [0.717, 1.165) is 0 Å². The first-order chi connectivity index (χ1) is 8.18. The number of fused-ring (bicyclic) bond motifs is 1. The van der Waals surface area contributed by atoms with Crippen LogP contribution in [-0.4, -0.2) is 28.6 Å². The van der Waals surface area contributed by atoms with Gasteiger partial charge in [0.15, 0.2) is 0 Å². The van der Waals surface area contributed by atoms with Gasteiger partial charge in [-0.15, -0.1) is 0 Å². The normalized spacial score (nSPS) is 28.3. The Morgan fingerprint density at radius 1 is 1.59 bits per heavy atom. The lowest BCUT2D eigenvalue weighted by atomic mass is 9.89. The number of hydrogen-bond acceptors (Lipinski definition) is 5. The first-order valence-corrected chi connectivity index (χ1v) is 5.54. The van der Waals surface area contributed by atoms with Crippen molar-refractivity contribution in [3.63, 3.8) is 0 Å². The molecule has 5 nitrogen and oxygen atoms in total. The highest BCUT2D eigenvalue weighted by Gasteiger charge is 2.54. The summed E-state index contributed by atoms with van der Waals surface area (Å²) in [7, 11) is 0. The second-order valence-electron chi connectivity index (χ2n) is 4.20. The summed E-state index contributed by atoms with van der Waals surface area (Å²) in [6.45, 7) is 1.79. The third-order valence-corrected chi connectivity index (χ3v) is 3.32. The minimum Gasteiger partial charge on any atom is -0.299 e. The molecule has 2 rings (SSSR count). The second-order valence-corrected chi connectivity index (χ2v) is 4.20. The molecule has 2 aliphatic rings. The molecular weight excluding hydrogens is 216 g/mol. The van der Waals surface area contributed by atoms with Crippen LogP contribution in [0.15, 0.2) is 17.3 Å². The molecule has 2 aliphatic heterocycles. The molecule has 0 saturated carbocycles. The Labute approximate surface area is 99.6 Å². The first-order valence-electron chi connectivity index (χ1n) is 5.54. The lowest BCUT2D eigenvalue weighted by Gasteiger charge is -2.28. The summed E-state index contributed by atoms with van der Waals surface area (Å²) >= 11 is 0. The molecule has 0 N–H and O–H groups in total. The van der Waals surface area contributed by atoms with Gasteiger partial charge in [-0.25, -0.2) is 0 Å². The van der Waals surface area contributed by atoms with Gasteiger partial charge in [-0.1, -0.05) is 13.0 Å². The van der Waals surface area contributed by atoms with Gasteiger partial charge in [-0.05, 0) is 6.08 Å². The highest BCUT2D eigenvalue weighted by molar-refractivity contribution is 5.83. The number of ketones is 1. The van der Waals surface area contributed by atoms with Crippen LogP contribution >= 0.6 is 0 Å². The van der Waals surface area contributed by atoms with Crippen LogP contribution in [-0.2, 0) is 4.79 Å². The summed E-state index contributed by atoms with van der Waals surface area (Å²) in [5.74, 6) is -0.234. The molecule has 0 radical (unpaired) electrons. The summed E-state index contributed by atoms with van der Waals surface area (Å²) in [5, 5.41) is 24.0. The Bertz CT molecular complexity index is 466. The Balaban J connectivity index is 2.42. The molecule has 0 aromatic heterocycles. The molecule has 0 aromatic carbocycles. The third kappa shape index (κ3) is 1.52. The molecule has 2 atom stereocenters. The molecule has 0 aromatic rings. The van der Waals surface area contributed by atoms with Crippen LogP contribution in [0.25, 0.3) is 0 Å². The summed E-state index contributed by atoms with van der Waals surface area (Å²) in [4.78, 5) is 11.9. The van der Waals surface area contributed by atoms with Gasteiger partial charge in [0.05, 0.1) is 6.04 Å². The van der Waals surface area contributed by atoms with Crippen LogP contribution in [0.1, 0.15) is 19.8 Å². The maximum absolute atomic E-state index is 11.9. The third-order valence-electron chi connectivity index (χ3n) is 3.32. The number of carbonyl (C=O) groups excluding carboxylic acids is 1. The highest BCUT2D eigenvalue weighted by Crippen LogP contribution is 2.40. The predicted molar refractivity (Wildman–Crippen MR) is 60.6 cm³/mol. The van der Waals surface area contributed by atoms with E-state index in [1.807, 2.05) is 18.2 Å². The Morgan fingerprint density at radius 2 is 2.29 bits per heavy atom. The predicted octanol–water partition coefficient (Wildman–Crippen LogP) is 0.998. The Kier molecular flexibility index (Phi) is 2.69. The molecule has 1 saturated heterocycles. The van der Waals surface area contributed by atoms with Crippen molar-refractivity contribution in [1.29, 1.82) is 10.5 Å². The zero-order valence-corrected chi connectivity index (χ0v) is 9.50. The fourth-order valence-electron chi connectivity index (χ4n) is 2.41. The van der Waals surface area contributed by atoms with Crippen molar-refractivity contribution in [2.75, 3.05) is 0 Å². The molecule has 1 fully saturated rings. The summed E-state index contributed by atoms with van der Waals surface area (Å²) in [5.41, 5.74) is -1.30. The van der Waals surface area contributed by atoms with Crippen molar-refractivity contribution in [3.8, 4) is 12.1 Å². The van der Waals surface area contributed by atoms with E-state index >= 15 is 0 Å². The van der Waals surface area contributed by atoms with Crippen LogP contribution in [0.4, 0.5) is 0 Å². The molecule has 0 aliphatic carbocycles. The maximum Gasteiger partial charge on any atom is 0.230 e. The van der Waals surface area contributed by atoms with Gasteiger partial charge in [0, 0.05) is 25.0 Å². The number of hydrogen-bond donors (Lipinski definition) is 0. The second kappa shape index (κ2) is 4.03. The van der Waals surface area contributed by atoms with Crippen molar-refractivity contribution >= 4 is 12.0 Å². The minimum absolute atomic E-state index is 0.0779. The van der Waals surface area contributed by atoms with Crippen molar-refractivity contribution in [2.45, 2.75) is 31.3 Å². The van der Waals surface area contributed by atoms with Crippen molar-refractivity contribution in [2.24, 2.45) is 11.0 Å². The van der Waals surface area contributed by atoms with E-state index in [1.165, 1.54) is 5.01 Å². The number of rotatable bonds is 2. The molecule has 5 heteroatoms. The van der Waals surface area contributed by atoms with E-state index in [0.29, 0.717) is 6.42 Å². The van der Waals surface area contributed by atoms with Crippen molar-refractivity contribution in [1.82, 2.24) is 5.01 Å². The quantitative estimate of drug-likeness (QED) is 0.706. The molecule has 0 spiro atoms. The van der Waals surface area contributed by atoms with Gasteiger partial charge in [0.25, 0.3) is 0 Å². The van der Waals surface area contributed by atoms with Gasteiger partial charge in [0.1, 0.15) is 17.9 Å². The SMILES string of the molecule is CCC(=O)C1CC(C#N)(C#N)N2N=CC=CC12. The summed E-state index contributed by atoms with van der Waals surface area (Å²) in [6.07, 6.45) is 5.78. The van der Waals surface area contributed by atoms with Crippen LogP contribution in [0.3, 0.4) is 0 Å². The number of carbonyl (C=O) groups is 1. The van der Waals surface area contributed by atoms with Crippen molar-refractivity contribution in [3.05, 3.63) is 12.2 Å². The molecule has 2 heterocycles. The van der Waals surface area contributed by atoms with Crippen LogP contribution in [0, 0.1) is 28.6 Å². The number of hydrazone groups is 1. The average Bonchev–Trinajstić information content (AvgIpc) is 2.73. The minimum atomic E-state index is -1.30. The van der Waals surface area contributed by atoms with E-state index in [1.54, 1.807) is 19.2 Å². The highest BCUT2D eigenvalue weighted by atomic mass is 16.1. The maximum atomic E-state index is 11.9. The monoisotopic (exact) mass is 228 g/mol. The summed E-state index contributed by atoms with van der Waals surface area (Å²) < 4.78 is 0. The number of Topliss-reactive ketones (excluding diaryl/α,β-unsaturated/α-hetero) is 1. The van der Waals surface area contributed by atoms with Gasteiger partial charge in [-0.3, -0.25) is 9.80 Å². The molecule has 86 valence electrons. The van der Waals surface area contributed by atoms with E-state index in [2.05, 4.69) is 5.10 Å². The Hall–Kier alpha value is -2.14. The van der Waals surface area contributed by atoms with E-state index < -0.39 is 5.54 Å². The molecule has 0 bridgehead atoms. The van der Waals surface area contributed by atoms with E-state index in [9.17, 15) is 15.3 Å². The van der Waals surface area contributed by atoms with Gasteiger partial charge < -0.3 is 0 Å². The van der Waals surface area contributed by atoms with E-state index in [4.69, 9.17) is 0 Å². The van der Waals surface area contributed by atoms with Crippen molar-refractivity contribution < 1.29 is 4.79 Å². The van der Waals surface area contributed by atoms with Gasteiger partial charge in [0.2, 0.25) is 5.54 Å². The fraction of sp³-hybridized carbons (Fsp3) is 0.500. The van der Waals surface area contributed by atoms with Crippen LogP contribution in [0.2, 0.25) is 0 Å². The molecule has 2 unspecified atom stereocenters. The zero-order chi connectivity index (χ0) is 12.5. The van der Waals surface area contributed by atoms with Crippen LogP contribution in [0.5, 0.6) is 0 Å². The van der Waals surface area contributed by atoms with Gasteiger partial charge >= 0.3 is 0 Å². The zero-order valence-electron chi connectivity index (χ0n) is 9.50. The Morgan fingerprint density at radius 3 is 2.88 bits per heavy atom. The van der Waals surface area contributed by atoms with Gasteiger partial charge in [-0.2, -0.15) is 15.6 Å². The average molecular weight is 228 g/mol. The standard InChI is InChI=1S/C12H12N4O/c1-2-11(17)9-6-12(7-13,8-14)16-10(9)4-3-5-15-16/h3-5,9-10H,2,6H2,1H3. The first kappa shape index (κ1) is 11.3. The smallest absolute Gasteiger partial charge is 0.230 e. The lowest BCUT2D eigenvalue weighted by molar-refractivity contribution is -0.122. The van der Waals surface area contributed by atoms with E-state index in [-0.39, 0.29) is 24.2 Å². The molecule has 17 heavy (non-hydrogen) atoms. The number of nitrogens with zero attached hydrogens (tertiary/aromatic N) is 4. The van der Waals surface area contributed by atoms with Crippen LogP contribution < -0.4 is 0 Å². The lowest BCUT2D eigenvalue weighted by Crippen LogP contribution is -2.42. The topological polar surface area (TPSA) is 80.2 Å². The molecular formula is C12H12N4O. The number of allylic oxidation sites excluding steroid dienone is 1.